The number of likely N-dealkylation sites (tertiary alicyclic amines) is 1. The monoisotopic (exact) mass is 261 g/mol. The van der Waals surface area contributed by atoms with E-state index in [9.17, 15) is 9.18 Å². The Hall–Kier alpha value is -1.91. The van der Waals surface area contributed by atoms with E-state index in [0.29, 0.717) is 31.5 Å². The Kier molecular flexibility index (Phi) is 2.97. The fourth-order valence-electron chi connectivity index (χ4n) is 2.49. The molecule has 0 spiro atoms. The minimum absolute atomic E-state index is 0.0615. The maximum atomic E-state index is 13.1. The number of nitrogens with one attached hydrogen (secondary N) is 1. The Morgan fingerprint density at radius 1 is 1.47 bits per heavy atom. The van der Waals surface area contributed by atoms with Crippen molar-refractivity contribution in [3.05, 3.63) is 29.6 Å². The largest absolute Gasteiger partial charge is 0.360 e. The third kappa shape index (κ3) is 2.20. The molecule has 0 saturated carbocycles. The van der Waals surface area contributed by atoms with Gasteiger partial charge in [-0.3, -0.25) is 9.78 Å². The van der Waals surface area contributed by atoms with Crippen LogP contribution in [0.3, 0.4) is 0 Å². The molecule has 5 heteroatoms. The van der Waals surface area contributed by atoms with Gasteiger partial charge < -0.3 is 9.88 Å². The number of halogens is 1. The van der Waals surface area contributed by atoms with Crippen LogP contribution in [0, 0.1) is 6.92 Å². The van der Waals surface area contributed by atoms with Gasteiger partial charge in [-0.05, 0) is 31.4 Å². The maximum absolute atomic E-state index is 13.1. The minimum atomic E-state index is -0.768. The van der Waals surface area contributed by atoms with Crippen molar-refractivity contribution in [2.24, 2.45) is 0 Å². The lowest BCUT2D eigenvalue weighted by Gasteiger charge is -2.28. The van der Waals surface area contributed by atoms with E-state index < -0.39 is 6.17 Å². The number of hydrogen-bond donors (Lipinski definition) is 1. The number of pyridine rings is 1. The average Bonchev–Trinajstić information content (AvgIpc) is 2.80. The van der Waals surface area contributed by atoms with Gasteiger partial charge in [-0.2, -0.15) is 0 Å². The minimum Gasteiger partial charge on any atom is -0.360 e. The van der Waals surface area contributed by atoms with Crippen LogP contribution in [-0.2, 0) is 0 Å². The summed E-state index contributed by atoms with van der Waals surface area (Å²) in [6.07, 6.45) is 3.58. The summed E-state index contributed by atoms with van der Waals surface area (Å²) >= 11 is 0. The maximum Gasteiger partial charge on any atom is 0.255 e. The molecule has 4 nitrogen and oxygen atoms in total. The summed E-state index contributed by atoms with van der Waals surface area (Å²) < 4.78 is 13.1. The van der Waals surface area contributed by atoms with Gasteiger partial charge in [0, 0.05) is 25.5 Å². The van der Waals surface area contributed by atoms with Gasteiger partial charge in [-0.1, -0.05) is 0 Å². The molecule has 0 unspecified atom stereocenters. The predicted molar refractivity (Wildman–Crippen MR) is 70.9 cm³/mol. The molecular formula is C14H16FN3O. The van der Waals surface area contributed by atoms with E-state index in [1.165, 1.54) is 0 Å². The molecule has 1 aliphatic rings. The summed E-state index contributed by atoms with van der Waals surface area (Å²) in [5.41, 5.74) is 3.38. The van der Waals surface area contributed by atoms with Crippen molar-refractivity contribution in [3.63, 3.8) is 0 Å². The summed E-state index contributed by atoms with van der Waals surface area (Å²) in [5.74, 6) is -0.0615. The number of amides is 1. The van der Waals surface area contributed by atoms with Gasteiger partial charge >= 0.3 is 0 Å². The Morgan fingerprint density at radius 2 is 2.21 bits per heavy atom. The van der Waals surface area contributed by atoms with Crippen LogP contribution in [-0.4, -0.2) is 40.0 Å². The van der Waals surface area contributed by atoms with Crippen LogP contribution in [0.4, 0.5) is 4.39 Å². The quantitative estimate of drug-likeness (QED) is 0.857. The number of H-pyrrole nitrogens is 1. The molecule has 1 N–H and O–H groups in total. The molecule has 2 aromatic rings. The second-order valence-electron chi connectivity index (χ2n) is 5.06. The lowest BCUT2D eigenvalue weighted by Crippen LogP contribution is -2.39. The van der Waals surface area contributed by atoms with Gasteiger partial charge in [-0.25, -0.2) is 4.39 Å². The van der Waals surface area contributed by atoms with Gasteiger partial charge in [0.25, 0.3) is 5.91 Å². The van der Waals surface area contributed by atoms with Crippen molar-refractivity contribution in [1.82, 2.24) is 14.9 Å². The second kappa shape index (κ2) is 4.64. The number of rotatable bonds is 1. The van der Waals surface area contributed by atoms with E-state index in [4.69, 9.17) is 0 Å². The Morgan fingerprint density at radius 3 is 2.95 bits per heavy atom. The molecule has 1 aliphatic heterocycles. The van der Waals surface area contributed by atoms with Crippen molar-refractivity contribution in [2.75, 3.05) is 13.1 Å². The highest BCUT2D eigenvalue weighted by Crippen LogP contribution is 2.19. The van der Waals surface area contributed by atoms with E-state index in [1.807, 2.05) is 19.2 Å². The van der Waals surface area contributed by atoms with Crippen molar-refractivity contribution in [1.29, 1.82) is 0 Å². The van der Waals surface area contributed by atoms with Crippen molar-refractivity contribution in [2.45, 2.75) is 25.9 Å². The zero-order valence-corrected chi connectivity index (χ0v) is 10.8. The first-order valence-electron chi connectivity index (χ1n) is 6.52. The fourth-order valence-corrected chi connectivity index (χ4v) is 2.49. The predicted octanol–water partition coefficient (Wildman–Crippen LogP) is 2.45. The number of aromatic nitrogens is 2. The Balaban J connectivity index is 1.85. The van der Waals surface area contributed by atoms with Crippen LogP contribution in [0.1, 0.15) is 28.8 Å². The highest BCUT2D eigenvalue weighted by Gasteiger charge is 2.23. The zero-order valence-electron chi connectivity index (χ0n) is 10.8. The first-order valence-corrected chi connectivity index (χ1v) is 6.52. The lowest BCUT2D eigenvalue weighted by atomic mass is 10.1. The molecule has 0 radical (unpaired) electrons. The molecule has 1 fully saturated rings. The zero-order chi connectivity index (χ0) is 13.4. The first kappa shape index (κ1) is 12.1. The van der Waals surface area contributed by atoms with Crippen LogP contribution in [0.15, 0.2) is 18.5 Å². The molecule has 0 bridgehead atoms. The molecule has 0 aliphatic carbocycles. The van der Waals surface area contributed by atoms with Crippen LogP contribution in [0.25, 0.3) is 11.0 Å². The van der Waals surface area contributed by atoms with Gasteiger partial charge in [0.15, 0.2) is 0 Å². The summed E-state index contributed by atoms with van der Waals surface area (Å²) in [6.45, 7) is 2.95. The third-order valence-corrected chi connectivity index (χ3v) is 3.66. The number of piperidine rings is 1. The fraction of sp³-hybridized carbons (Fsp3) is 0.429. The van der Waals surface area contributed by atoms with Gasteiger partial charge in [0.05, 0.1) is 16.6 Å². The van der Waals surface area contributed by atoms with Crippen molar-refractivity contribution in [3.8, 4) is 0 Å². The standard InChI is InChI=1S/C14H16FN3O/c1-9-7-16-12-6-10(8-17-13(9)12)14(19)18-4-2-11(15)3-5-18/h6-8,11,16H,2-5H2,1H3. The van der Waals surface area contributed by atoms with E-state index in [-0.39, 0.29) is 5.91 Å². The topological polar surface area (TPSA) is 49.0 Å². The molecule has 3 rings (SSSR count). The molecular weight excluding hydrogens is 245 g/mol. The number of aryl methyl sites for hydroxylation is 1. The molecule has 19 heavy (non-hydrogen) atoms. The molecule has 1 amide bonds. The summed E-state index contributed by atoms with van der Waals surface area (Å²) in [6, 6.07) is 1.82. The number of nitrogens with zero attached hydrogens (tertiary/aromatic N) is 2. The molecule has 1 saturated heterocycles. The Labute approximate surface area is 110 Å². The molecule has 0 aromatic carbocycles. The van der Waals surface area contributed by atoms with Gasteiger partial charge in [-0.15, -0.1) is 0 Å². The summed E-state index contributed by atoms with van der Waals surface area (Å²) in [4.78, 5) is 21.4. The normalized spacial score (nSPS) is 17.1. The number of hydrogen-bond acceptors (Lipinski definition) is 2. The number of carbonyl (C=O) groups is 1. The first-order chi connectivity index (χ1) is 9.15. The average molecular weight is 261 g/mol. The van der Waals surface area contributed by atoms with E-state index in [2.05, 4.69) is 9.97 Å². The lowest BCUT2D eigenvalue weighted by molar-refractivity contribution is 0.0667. The van der Waals surface area contributed by atoms with Crippen molar-refractivity contribution >= 4 is 16.9 Å². The highest BCUT2D eigenvalue weighted by atomic mass is 19.1. The highest BCUT2D eigenvalue weighted by molar-refractivity contribution is 5.97. The van der Waals surface area contributed by atoms with Crippen LogP contribution in [0.5, 0.6) is 0 Å². The van der Waals surface area contributed by atoms with E-state index in [1.54, 1.807) is 11.1 Å². The van der Waals surface area contributed by atoms with Crippen LogP contribution in [0.2, 0.25) is 0 Å². The number of fused-ring (bicyclic) bond motifs is 1. The third-order valence-electron chi connectivity index (χ3n) is 3.66. The SMILES string of the molecule is Cc1c[nH]c2cc(C(=O)N3CCC(F)CC3)cnc12. The van der Waals surface area contributed by atoms with Gasteiger partial charge in [0.1, 0.15) is 6.17 Å². The van der Waals surface area contributed by atoms with Gasteiger partial charge in [0.2, 0.25) is 0 Å². The Bertz CT molecular complexity index is 614. The smallest absolute Gasteiger partial charge is 0.255 e. The molecule has 100 valence electrons. The van der Waals surface area contributed by atoms with Crippen LogP contribution >= 0.6 is 0 Å². The van der Waals surface area contributed by atoms with Crippen molar-refractivity contribution < 1.29 is 9.18 Å². The van der Waals surface area contributed by atoms with E-state index >= 15 is 0 Å². The molecule has 0 atom stereocenters. The molecule has 2 aromatic heterocycles. The number of aromatic amines is 1. The van der Waals surface area contributed by atoms with E-state index in [0.717, 1.165) is 16.6 Å². The number of carbonyl (C=O) groups excluding carboxylic acids is 1. The number of alkyl halides is 1. The summed E-state index contributed by atoms with van der Waals surface area (Å²) in [7, 11) is 0. The van der Waals surface area contributed by atoms with Crippen LogP contribution < -0.4 is 0 Å². The second-order valence-corrected chi connectivity index (χ2v) is 5.06. The molecule has 3 heterocycles. The summed E-state index contributed by atoms with van der Waals surface area (Å²) in [5, 5.41) is 0.